The highest BCUT2D eigenvalue weighted by Crippen LogP contribution is 2.70. The van der Waals surface area contributed by atoms with Crippen molar-refractivity contribution in [1.82, 2.24) is 0 Å². The molecule has 1 aliphatic rings. The molecule has 0 spiro atoms. The predicted octanol–water partition coefficient (Wildman–Crippen LogP) is 5.47. The van der Waals surface area contributed by atoms with Gasteiger partial charge in [0, 0.05) is 5.41 Å². The van der Waals surface area contributed by atoms with E-state index in [0.717, 1.165) is 14.5 Å². The second-order valence-corrected chi connectivity index (χ2v) is 8.79. The predicted molar refractivity (Wildman–Crippen MR) is 94.7 cm³/mol. The first-order valence-electron chi connectivity index (χ1n) is 7.94. The Kier molecular flexibility index (Phi) is 3.93. The highest BCUT2D eigenvalue weighted by atomic mass is 31.1. The minimum absolute atomic E-state index is 0.239. The highest BCUT2D eigenvalue weighted by Gasteiger charge is 2.65. The minimum Gasteiger partial charge on any atom is -0.114 e. The van der Waals surface area contributed by atoms with Gasteiger partial charge in [0.15, 0.2) is 0 Å². The Morgan fingerprint density at radius 2 is 1.38 bits per heavy atom. The molecule has 2 aromatic carbocycles. The van der Waals surface area contributed by atoms with Crippen molar-refractivity contribution in [3.8, 4) is 0 Å². The van der Waals surface area contributed by atoms with E-state index in [4.69, 9.17) is 0 Å². The quantitative estimate of drug-likeness (QED) is 0.642. The SMILES string of the molecule is CC(C)CPC1(C)CC1(c1ccccc1)c1ccccc1. The molecule has 0 nitrogen and oxygen atoms in total. The van der Waals surface area contributed by atoms with Crippen molar-refractivity contribution in [1.29, 1.82) is 0 Å². The molecule has 1 fully saturated rings. The largest absolute Gasteiger partial charge is 0.114 e. The molecule has 0 amide bonds. The van der Waals surface area contributed by atoms with E-state index in [9.17, 15) is 0 Å². The van der Waals surface area contributed by atoms with Crippen molar-refractivity contribution in [3.63, 3.8) is 0 Å². The molecule has 0 aromatic heterocycles. The van der Waals surface area contributed by atoms with Crippen LogP contribution in [0.25, 0.3) is 0 Å². The molecule has 21 heavy (non-hydrogen) atoms. The summed E-state index contributed by atoms with van der Waals surface area (Å²) in [6.07, 6.45) is 2.64. The molecular weight excluding hydrogens is 271 g/mol. The van der Waals surface area contributed by atoms with Gasteiger partial charge in [0.1, 0.15) is 0 Å². The highest BCUT2D eigenvalue weighted by molar-refractivity contribution is 7.40. The Labute approximate surface area is 130 Å². The van der Waals surface area contributed by atoms with E-state index in [1.54, 1.807) is 0 Å². The van der Waals surface area contributed by atoms with Crippen LogP contribution in [0.3, 0.4) is 0 Å². The summed E-state index contributed by atoms with van der Waals surface area (Å²) in [5.41, 5.74) is 3.23. The Morgan fingerprint density at radius 3 is 1.81 bits per heavy atom. The molecule has 0 saturated heterocycles. The normalized spacial score (nSPS) is 23.8. The monoisotopic (exact) mass is 296 g/mol. The zero-order chi connectivity index (χ0) is 14.9. The summed E-state index contributed by atoms with van der Waals surface area (Å²) in [6.45, 7) is 7.17. The van der Waals surface area contributed by atoms with E-state index in [-0.39, 0.29) is 5.41 Å². The number of hydrogen-bond acceptors (Lipinski definition) is 0. The maximum atomic E-state index is 2.49. The van der Waals surface area contributed by atoms with E-state index < -0.39 is 0 Å². The summed E-state index contributed by atoms with van der Waals surface area (Å²) in [7, 11) is 1.04. The van der Waals surface area contributed by atoms with Gasteiger partial charge in [-0.2, -0.15) is 0 Å². The van der Waals surface area contributed by atoms with Crippen molar-refractivity contribution < 1.29 is 0 Å². The molecule has 0 radical (unpaired) electrons. The maximum absolute atomic E-state index is 2.49. The van der Waals surface area contributed by atoms with E-state index in [2.05, 4.69) is 81.4 Å². The molecule has 2 atom stereocenters. The average molecular weight is 296 g/mol. The van der Waals surface area contributed by atoms with Gasteiger partial charge in [-0.1, -0.05) is 81.4 Å². The summed E-state index contributed by atoms with van der Waals surface area (Å²) in [6, 6.07) is 22.3. The van der Waals surface area contributed by atoms with Crippen molar-refractivity contribution in [3.05, 3.63) is 71.8 Å². The summed E-state index contributed by atoms with van der Waals surface area (Å²) < 4.78 is 0. The zero-order valence-electron chi connectivity index (χ0n) is 13.3. The van der Waals surface area contributed by atoms with Crippen LogP contribution in [0.5, 0.6) is 0 Å². The lowest BCUT2D eigenvalue weighted by Gasteiger charge is -2.25. The molecule has 0 bridgehead atoms. The number of benzene rings is 2. The standard InChI is InChI=1S/C20H25P/c1-16(2)14-21-19(3)15-20(19,17-10-6-4-7-11-17)18-12-8-5-9-13-18/h4-13,16,21H,14-15H2,1-3H3. The first kappa shape index (κ1) is 14.8. The molecular formula is C20H25P. The zero-order valence-corrected chi connectivity index (χ0v) is 14.3. The van der Waals surface area contributed by atoms with E-state index in [0.29, 0.717) is 5.16 Å². The van der Waals surface area contributed by atoms with Crippen LogP contribution < -0.4 is 0 Å². The van der Waals surface area contributed by atoms with Crippen LogP contribution in [-0.2, 0) is 5.41 Å². The van der Waals surface area contributed by atoms with Gasteiger partial charge in [0.05, 0.1) is 0 Å². The summed E-state index contributed by atoms with van der Waals surface area (Å²) in [5, 5.41) is 0.431. The van der Waals surface area contributed by atoms with Gasteiger partial charge in [0.25, 0.3) is 0 Å². The summed E-state index contributed by atoms with van der Waals surface area (Å²) in [5.74, 6) is 0.796. The van der Waals surface area contributed by atoms with Gasteiger partial charge in [-0.15, -0.1) is 8.58 Å². The molecule has 1 aliphatic carbocycles. The third-order valence-electron chi connectivity index (χ3n) is 4.87. The van der Waals surface area contributed by atoms with Crippen LogP contribution in [0.2, 0.25) is 0 Å². The fourth-order valence-corrected chi connectivity index (χ4v) is 5.42. The maximum Gasteiger partial charge on any atom is 0.0302 e. The summed E-state index contributed by atoms with van der Waals surface area (Å²) in [4.78, 5) is 0. The van der Waals surface area contributed by atoms with Crippen LogP contribution in [-0.4, -0.2) is 11.3 Å². The molecule has 3 rings (SSSR count). The first-order valence-corrected chi connectivity index (χ1v) is 9.15. The minimum atomic E-state index is 0.239. The lowest BCUT2D eigenvalue weighted by Crippen LogP contribution is -2.20. The van der Waals surface area contributed by atoms with Gasteiger partial charge in [0.2, 0.25) is 0 Å². The third kappa shape index (κ3) is 2.55. The molecule has 110 valence electrons. The van der Waals surface area contributed by atoms with Crippen LogP contribution in [0.1, 0.15) is 38.3 Å². The Hall–Kier alpha value is -1.13. The molecule has 0 aliphatic heterocycles. The number of rotatable bonds is 5. The van der Waals surface area contributed by atoms with Crippen LogP contribution in [0.15, 0.2) is 60.7 Å². The molecule has 1 heteroatoms. The molecule has 1 saturated carbocycles. The lowest BCUT2D eigenvalue weighted by atomic mass is 9.86. The second-order valence-electron chi connectivity index (χ2n) is 6.92. The van der Waals surface area contributed by atoms with E-state index in [1.807, 2.05) is 0 Å². The van der Waals surface area contributed by atoms with Gasteiger partial charge in [-0.3, -0.25) is 0 Å². The van der Waals surface area contributed by atoms with Crippen LogP contribution in [0.4, 0.5) is 0 Å². The molecule has 2 aromatic rings. The van der Waals surface area contributed by atoms with Gasteiger partial charge < -0.3 is 0 Å². The van der Waals surface area contributed by atoms with Crippen molar-refractivity contribution in [2.24, 2.45) is 5.92 Å². The fraction of sp³-hybridized carbons (Fsp3) is 0.400. The Bertz CT molecular complexity index is 548. The average Bonchev–Trinajstić information content (AvgIpc) is 3.15. The lowest BCUT2D eigenvalue weighted by molar-refractivity contribution is 0.730. The Balaban J connectivity index is 1.99. The smallest absolute Gasteiger partial charge is 0.0302 e. The third-order valence-corrected chi connectivity index (χ3v) is 7.27. The number of hydrogen-bond donors (Lipinski definition) is 0. The molecule has 0 heterocycles. The topological polar surface area (TPSA) is 0 Å². The van der Waals surface area contributed by atoms with Gasteiger partial charge in [-0.05, 0) is 34.8 Å². The fourth-order valence-electron chi connectivity index (χ4n) is 3.58. The van der Waals surface area contributed by atoms with Crippen molar-refractivity contribution >= 4 is 8.58 Å². The first-order chi connectivity index (χ1) is 10.1. The second kappa shape index (κ2) is 5.58. The summed E-state index contributed by atoms with van der Waals surface area (Å²) >= 11 is 0. The van der Waals surface area contributed by atoms with Gasteiger partial charge in [-0.25, -0.2) is 0 Å². The van der Waals surface area contributed by atoms with Crippen LogP contribution in [0, 0.1) is 5.92 Å². The molecule has 2 unspecified atom stereocenters. The van der Waals surface area contributed by atoms with E-state index >= 15 is 0 Å². The van der Waals surface area contributed by atoms with Gasteiger partial charge >= 0.3 is 0 Å². The Morgan fingerprint density at radius 1 is 0.905 bits per heavy atom. The van der Waals surface area contributed by atoms with Crippen LogP contribution >= 0.6 is 8.58 Å². The van der Waals surface area contributed by atoms with E-state index in [1.165, 1.54) is 23.7 Å². The molecule has 0 N–H and O–H groups in total. The van der Waals surface area contributed by atoms with Crippen molar-refractivity contribution in [2.75, 3.05) is 6.16 Å². The van der Waals surface area contributed by atoms with Crippen molar-refractivity contribution in [2.45, 2.75) is 37.8 Å².